The maximum Gasteiger partial charge on any atom is 0.229 e. The van der Waals surface area contributed by atoms with Gasteiger partial charge in [-0.25, -0.2) is 10.8 Å². The van der Waals surface area contributed by atoms with Crippen LogP contribution in [0.3, 0.4) is 0 Å². The van der Waals surface area contributed by atoms with Gasteiger partial charge >= 0.3 is 0 Å². The molecule has 0 fully saturated rings. The molecule has 0 atom stereocenters. The van der Waals surface area contributed by atoms with Gasteiger partial charge in [0.05, 0.1) is 30.1 Å². The minimum atomic E-state index is 0.298. The van der Waals surface area contributed by atoms with E-state index in [4.69, 9.17) is 22.6 Å². The highest BCUT2D eigenvalue weighted by Gasteiger charge is 2.13. The van der Waals surface area contributed by atoms with Gasteiger partial charge in [-0.05, 0) is 35.4 Å². The Morgan fingerprint density at radius 3 is 2.59 bits per heavy atom. The third-order valence-corrected chi connectivity index (χ3v) is 3.94. The van der Waals surface area contributed by atoms with Gasteiger partial charge in [-0.2, -0.15) is 10.2 Å². The molecule has 27 heavy (non-hydrogen) atoms. The molecule has 8 heteroatoms. The predicted molar refractivity (Wildman–Crippen MR) is 106 cm³/mol. The Balaban J connectivity index is 1.86. The van der Waals surface area contributed by atoms with Crippen molar-refractivity contribution in [1.29, 1.82) is 5.26 Å². The summed E-state index contributed by atoms with van der Waals surface area (Å²) in [5.41, 5.74) is 15.4. The van der Waals surface area contributed by atoms with E-state index in [0.29, 0.717) is 36.1 Å². The van der Waals surface area contributed by atoms with Gasteiger partial charge in [0.1, 0.15) is 0 Å². The quantitative estimate of drug-likeness (QED) is 0.387. The predicted octanol–water partition coefficient (Wildman–Crippen LogP) is 2.34. The van der Waals surface area contributed by atoms with E-state index in [0.717, 1.165) is 16.8 Å². The van der Waals surface area contributed by atoms with Gasteiger partial charge in [0.2, 0.25) is 5.95 Å². The zero-order valence-electron chi connectivity index (χ0n) is 14.6. The summed E-state index contributed by atoms with van der Waals surface area (Å²) < 4.78 is 0. The van der Waals surface area contributed by atoms with Crippen LogP contribution in [0.5, 0.6) is 0 Å². The number of nitrogens with two attached hydrogens (primary N) is 3. The number of nitrogens with zero attached hydrogens (tertiary/aromatic N) is 4. The highest BCUT2D eigenvalue weighted by molar-refractivity contribution is 5.71. The van der Waals surface area contributed by atoms with Crippen LogP contribution >= 0.6 is 0 Å². The Kier molecular flexibility index (Phi) is 5.47. The van der Waals surface area contributed by atoms with Crippen molar-refractivity contribution in [2.45, 2.75) is 13.0 Å². The molecule has 0 aliphatic heterocycles. The van der Waals surface area contributed by atoms with Crippen LogP contribution in [-0.2, 0) is 13.0 Å². The summed E-state index contributed by atoms with van der Waals surface area (Å²) in [4.78, 5) is 8.63. The van der Waals surface area contributed by atoms with Crippen LogP contribution in [-0.4, -0.2) is 9.97 Å². The molecule has 0 saturated carbocycles. The standard InChI is InChI=1S/C19H20N8/c20-9-8-13-2-1-3-16(10-13)27(23)18-17(22)12-24-19(26-18)25-15-6-4-14(11-21)5-7-15/h1-7,10,12H,8,11,21-23H2,(H,24,25,26). The Morgan fingerprint density at radius 2 is 1.89 bits per heavy atom. The third-order valence-electron chi connectivity index (χ3n) is 3.94. The van der Waals surface area contributed by atoms with Crippen molar-refractivity contribution in [3.05, 3.63) is 65.9 Å². The molecule has 3 rings (SSSR count). The normalized spacial score (nSPS) is 10.3. The van der Waals surface area contributed by atoms with E-state index < -0.39 is 0 Å². The van der Waals surface area contributed by atoms with Crippen molar-refractivity contribution in [1.82, 2.24) is 9.97 Å². The van der Waals surface area contributed by atoms with Gasteiger partial charge < -0.3 is 16.8 Å². The van der Waals surface area contributed by atoms with E-state index in [2.05, 4.69) is 21.4 Å². The first-order valence-corrected chi connectivity index (χ1v) is 8.30. The molecule has 0 radical (unpaired) electrons. The summed E-state index contributed by atoms with van der Waals surface area (Å²) in [6.07, 6.45) is 1.80. The second kappa shape index (κ2) is 8.14. The maximum atomic E-state index is 8.87. The largest absolute Gasteiger partial charge is 0.394 e. The van der Waals surface area contributed by atoms with Gasteiger partial charge in [-0.1, -0.05) is 24.3 Å². The number of aromatic nitrogens is 2. The first kappa shape index (κ1) is 18.1. The van der Waals surface area contributed by atoms with E-state index in [1.165, 1.54) is 11.2 Å². The molecule has 3 aromatic rings. The molecule has 7 N–H and O–H groups in total. The van der Waals surface area contributed by atoms with Crippen molar-refractivity contribution in [3.8, 4) is 6.07 Å². The summed E-state index contributed by atoms with van der Waals surface area (Å²) in [6, 6.07) is 17.1. The first-order chi connectivity index (χ1) is 13.1. The summed E-state index contributed by atoms with van der Waals surface area (Å²) in [5.74, 6) is 6.95. The average Bonchev–Trinajstić information content (AvgIpc) is 2.70. The molecule has 0 spiro atoms. The van der Waals surface area contributed by atoms with E-state index in [9.17, 15) is 0 Å². The average molecular weight is 360 g/mol. The van der Waals surface area contributed by atoms with Crippen molar-refractivity contribution >= 4 is 28.8 Å². The smallest absolute Gasteiger partial charge is 0.229 e. The fourth-order valence-electron chi connectivity index (χ4n) is 2.52. The first-order valence-electron chi connectivity index (χ1n) is 8.30. The Hall–Kier alpha value is -3.67. The van der Waals surface area contributed by atoms with Crippen LogP contribution in [0.2, 0.25) is 0 Å². The van der Waals surface area contributed by atoms with Crippen LogP contribution in [0.1, 0.15) is 11.1 Å². The lowest BCUT2D eigenvalue weighted by molar-refractivity contribution is 1.02. The molecule has 0 aliphatic carbocycles. The highest BCUT2D eigenvalue weighted by Crippen LogP contribution is 2.27. The number of rotatable bonds is 6. The van der Waals surface area contributed by atoms with Gasteiger partial charge in [0, 0.05) is 12.2 Å². The van der Waals surface area contributed by atoms with Crippen molar-refractivity contribution in [2.75, 3.05) is 16.1 Å². The zero-order chi connectivity index (χ0) is 19.2. The van der Waals surface area contributed by atoms with Crippen LogP contribution in [0, 0.1) is 11.3 Å². The van der Waals surface area contributed by atoms with Crippen molar-refractivity contribution in [2.24, 2.45) is 11.6 Å². The third kappa shape index (κ3) is 4.30. The minimum Gasteiger partial charge on any atom is -0.394 e. The van der Waals surface area contributed by atoms with Gasteiger partial charge in [-0.15, -0.1) is 0 Å². The van der Waals surface area contributed by atoms with E-state index in [1.807, 2.05) is 48.5 Å². The summed E-state index contributed by atoms with van der Waals surface area (Å²) >= 11 is 0. The number of nitrogens with one attached hydrogen (secondary N) is 1. The Labute approximate surface area is 157 Å². The minimum absolute atomic E-state index is 0.298. The monoisotopic (exact) mass is 360 g/mol. The van der Waals surface area contributed by atoms with Gasteiger partial charge in [-0.3, -0.25) is 5.01 Å². The zero-order valence-corrected chi connectivity index (χ0v) is 14.6. The van der Waals surface area contributed by atoms with Crippen molar-refractivity contribution in [3.63, 3.8) is 0 Å². The number of hydrazine groups is 1. The fourth-order valence-corrected chi connectivity index (χ4v) is 2.52. The number of anilines is 5. The molecular formula is C19H20N8. The van der Waals surface area contributed by atoms with E-state index in [1.54, 1.807) is 0 Å². The van der Waals surface area contributed by atoms with Crippen LogP contribution in [0.15, 0.2) is 54.7 Å². The fraction of sp³-hybridized carbons (Fsp3) is 0.105. The molecule has 0 saturated heterocycles. The second-order valence-corrected chi connectivity index (χ2v) is 5.87. The van der Waals surface area contributed by atoms with E-state index in [-0.39, 0.29) is 0 Å². The molecule has 0 aliphatic rings. The highest BCUT2D eigenvalue weighted by atomic mass is 15.4. The molecular weight excluding hydrogens is 340 g/mol. The SMILES string of the molecule is N#CCc1cccc(N(N)c2nc(Nc3ccc(CN)cc3)ncc2N)c1. The summed E-state index contributed by atoms with van der Waals surface area (Å²) in [6.45, 7) is 0.482. The number of nitriles is 1. The molecule has 0 unspecified atom stereocenters. The number of hydrogen-bond donors (Lipinski definition) is 4. The number of benzene rings is 2. The lowest BCUT2D eigenvalue weighted by atomic mass is 10.1. The Morgan fingerprint density at radius 1 is 1.11 bits per heavy atom. The van der Waals surface area contributed by atoms with Crippen molar-refractivity contribution < 1.29 is 0 Å². The molecule has 0 bridgehead atoms. The van der Waals surface area contributed by atoms with Crippen LogP contribution in [0.25, 0.3) is 0 Å². The summed E-state index contributed by atoms with van der Waals surface area (Å²) in [7, 11) is 0. The van der Waals surface area contributed by atoms with Crippen LogP contribution in [0.4, 0.5) is 28.8 Å². The lowest BCUT2D eigenvalue weighted by Gasteiger charge is -2.20. The molecule has 1 heterocycles. The molecule has 136 valence electrons. The second-order valence-electron chi connectivity index (χ2n) is 5.87. The van der Waals surface area contributed by atoms with Crippen LogP contribution < -0.4 is 27.6 Å². The lowest BCUT2D eigenvalue weighted by Crippen LogP contribution is -2.27. The summed E-state index contributed by atoms with van der Waals surface area (Å²) in [5, 5.41) is 13.4. The Bertz CT molecular complexity index is 962. The maximum absolute atomic E-state index is 8.87. The number of nitrogen functional groups attached to an aromatic ring is 1. The molecule has 1 aromatic heterocycles. The molecule has 8 nitrogen and oxygen atoms in total. The number of hydrogen-bond acceptors (Lipinski definition) is 8. The molecule has 2 aromatic carbocycles. The van der Waals surface area contributed by atoms with E-state index >= 15 is 0 Å². The van der Waals surface area contributed by atoms with Gasteiger partial charge in [0.15, 0.2) is 5.82 Å². The molecule has 0 amide bonds. The topological polar surface area (TPSA) is 143 Å². The van der Waals surface area contributed by atoms with Gasteiger partial charge in [0.25, 0.3) is 0 Å².